The largest absolute Gasteiger partial charge is 0.494 e. The molecule has 2 atom stereocenters. The zero-order valence-electron chi connectivity index (χ0n) is 11.8. The maximum absolute atomic E-state index is 10.9. The van der Waals surface area contributed by atoms with Gasteiger partial charge in [-0.25, -0.2) is 0 Å². The van der Waals surface area contributed by atoms with E-state index >= 15 is 0 Å². The predicted octanol–water partition coefficient (Wildman–Crippen LogP) is 2.97. The normalized spacial score (nSPS) is 19.6. The van der Waals surface area contributed by atoms with E-state index in [9.17, 15) is 10.1 Å². The Morgan fingerprint density at radius 1 is 1.55 bits per heavy atom. The van der Waals surface area contributed by atoms with E-state index in [-0.39, 0.29) is 17.8 Å². The lowest BCUT2D eigenvalue weighted by Crippen LogP contribution is -2.30. The van der Waals surface area contributed by atoms with Gasteiger partial charge in [-0.2, -0.15) is 0 Å². The summed E-state index contributed by atoms with van der Waals surface area (Å²) in [6, 6.07) is 4.84. The Labute approximate surface area is 118 Å². The molecule has 0 amide bonds. The van der Waals surface area contributed by atoms with Gasteiger partial charge >= 0.3 is 0 Å². The topological polar surface area (TPSA) is 73.6 Å². The monoisotopic (exact) mass is 280 g/mol. The summed E-state index contributed by atoms with van der Waals surface area (Å²) in [7, 11) is 0. The molecule has 1 saturated heterocycles. The molecule has 110 valence electrons. The van der Waals surface area contributed by atoms with Crippen LogP contribution in [0.1, 0.15) is 26.7 Å². The molecule has 6 nitrogen and oxygen atoms in total. The Morgan fingerprint density at radius 3 is 2.95 bits per heavy atom. The average Bonchev–Trinajstić information content (AvgIpc) is 2.92. The van der Waals surface area contributed by atoms with Crippen molar-refractivity contribution in [3.05, 3.63) is 28.3 Å². The molecule has 1 aliphatic heterocycles. The van der Waals surface area contributed by atoms with Gasteiger partial charge in [-0.05, 0) is 26.7 Å². The van der Waals surface area contributed by atoms with Crippen molar-refractivity contribution in [3.8, 4) is 5.75 Å². The van der Waals surface area contributed by atoms with Crippen LogP contribution in [0.4, 0.5) is 11.4 Å². The minimum absolute atomic E-state index is 0.0259. The van der Waals surface area contributed by atoms with Gasteiger partial charge in [-0.3, -0.25) is 10.1 Å². The quantitative estimate of drug-likeness (QED) is 0.640. The molecule has 1 aromatic rings. The number of hydrogen-bond donors (Lipinski definition) is 1. The minimum Gasteiger partial charge on any atom is -0.494 e. The Morgan fingerprint density at radius 2 is 2.35 bits per heavy atom. The Kier molecular flexibility index (Phi) is 4.79. The summed E-state index contributed by atoms with van der Waals surface area (Å²) in [6.45, 7) is 5.13. The second-order valence-electron chi connectivity index (χ2n) is 4.89. The van der Waals surface area contributed by atoms with Gasteiger partial charge in [0.25, 0.3) is 5.69 Å². The molecule has 0 aliphatic carbocycles. The fraction of sp³-hybridized carbons (Fsp3) is 0.571. The van der Waals surface area contributed by atoms with Crippen molar-refractivity contribution in [3.63, 3.8) is 0 Å². The number of hydrogen-bond acceptors (Lipinski definition) is 5. The van der Waals surface area contributed by atoms with E-state index in [2.05, 4.69) is 5.32 Å². The highest BCUT2D eigenvalue weighted by molar-refractivity contribution is 5.56. The van der Waals surface area contributed by atoms with Crippen molar-refractivity contribution in [1.29, 1.82) is 0 Å². The highest BCUT2D eigenvalue weighted by Crippen LogP contribution is 2.27. The van der Waals surface area contributed by atoms with Crippen molar-refractivity contribution >= 4 is 11.4 Å². The summed E-state index contributed by atoms with van der Waals surface area (Å²) in [5.41, 5.74) is 0.712. The number of anilines is 1. The lowest BCUT2D eigenvalue weighted by Gasteiger charge is -2.21. The summed E-state index contributed by atoms with van der Waals surface area (Å²) in [5, 5.41) is 14.2. The molecule has 6 heteroatoms. The molecule has 0 saturated carbocycles. The molecule has 0 spiro atoms. The van der Waals surface area contributed by atoms with Crippen LogP contribution in [0.25, 0.3) is 0 Å². The van der Waals surface area contributed by atoms with E-state index < -0.39 is 4.92 Å². The highest BCUT2D eigenvalue weighted by atomic mass is 16.6. The number of nitro groups is 1. The fourth-order valence-electron chi connectivity index (χ4n) is 2.37. The van der Waals surface area contributed by atoms with Gasteiger partial charge in [-0.1, -0.05) is 0 Å². The molecule has 1 heterocycles. The predicted molar refractivity (Wildman–Crippen MR) is 76.3 cm³/mol. The molecule has 1 N–H and O–H groups in total. The molecule has 20 heavy (non-hydrogen) atoms. The van der Waals surface area contributed by atoms with Gasteiger partial charge < -0.3 is 14.8 Å². The van der Waals surface area contributed by atoms with E-state index in [1.807, 2.05) is 13.8 Å². The molecule has 1 fully saturated rings. The number of benzene rings is 1. The summed E-state index contributed by atoms with van der Waals surface area (Å²) in [4.78, 5) is 10.5. The van der Waals surface area contributed by atoms with E-state index in [0.29, 0.717) is 18.0 Å². The van der Waals surface area contributed by atoms with Gasteiger partial charge in [0.1, 0.15) is 5.75 Å². The van der Waals surface area contributed by atoms with Crippen LogP contribution in [0.2, 0.25) is 0 Å². The summed E-state index contributed by atoms with van der Waals surface area (Å²) >= 11 is 0. The van der Waals surface area contributed by atoms with Crippen LogP contribution in [-0.4, -0.2) is 30.3 Å². The molecule has 0 bridgehead atoms. The molecule has 0 radical (unpaired) electrons. The summed E-state index contributed by atoms with van der Waals surface area (Å²) in [5.74, 6) is 0.503. The second-order valence-corrected chi connectivity index (χ2v) is 4.89. The molecule has 2 rings (SSSR count). The Bertz CT molecular complexity index is 472. The van der Waals surface area contributed by atoms with Gasteiger partial charge in [0.15, 0.2) is 0 Å². The first kappa shape index (κ1) is 14.6. The van der Waals surface area contributed by atoms with E-state index in [1.54, 1.807) is 6.07 Å². The fourth-order valence-corrected chi connectivity index (χ4v) is 2.37. The van der Waals surface area contributed by atoms with Crippen LogP contribution in [0.3, 0.4) is 0 Å². The van der Waals surface area contributed by atoms with Crippen LogP contribution in [-0.2, 0) is 4.74 Å². The third-order valence-electron chi connectivity index (χ3n) is 3.33. The Balaban J connectivity index is 2.14. The van der Waals surface area contributed by atoms with Crippen molar-refractivity contribution < 1.29 is 14.4 Å². The molecule has 0 aromatic heterocycles. The van der Waals surface area contributed by atoms with Crippen molar-refractivity contribution in [2.75, 3.05) is 18.5 Å². The SMILES string of the molecule is CCOc1cc(NC(C)C2CCCO2)cc([N+](=O)[O-])c1. The second kappa shape index (κ2) is 6.56. The van der Waals surface area contributed by atoms with Crippen LogP contribution >= 0.6 is 0 Å². The maximum atomic E-state index is 10.9. The van der Waals surface area contributed by atoms with Crippen LogP contribution < -0.4 is 10.1 Å². The molecule has 2 unspecified atom stereocenters. The standard InChI is InChI=1S/C14H20N2O4/c1-3-19-13-8-11(7-12(9-13)16(17)18)15-10(2)14-5-4-6-20-14/h7-10,14-15H,3-6H2,1-2H3. The van der Waals surface area contributed by atoms with E-state index in [0.717, 1.165) is 19.4 Å². The van der Waals surface area contributed by atoms with Gasteiger partial charge in [-0.15, -0.1) is 0 Å². The van der Waals surface area contributed by atoms with Crippen molar-refractivity contribution in [1.82, 2.24) is 0 Å². The summed E-state index contributed by atoms with van der Waals surface area (Å²) in [6.07, 6.45) is 2.24. The third-order valence-corrected chi connectivity index (χ3v) is 3.33. The first-order valence-corrected chi connectivity index (χ1v) is 6.90. The van der Waals surface area contributed by atoms with Crippen molar-refractivity contribution in [2.24, 2.45) is 0 Å². The smallest absolute Gasteiger partial charge is 0.275 e. The zero-order chi connectivity index (χ0) is 14.5. The van der Waals surface area contributed by atoms with Crippen LogP contribution in [0.15, 0.2) is 18.2 Å². The van der Waals surface area contributed by atoms with Gasteiger partial charge in [0.2, 0.25) is 0 Å². The number of nitrogens with one attached hydrogen (secondary N) is 1. The number of nitrogens with zero attached hydrogens (tertiary/aromatic N) is 1. The minimum atomic E-state index is -0.412. The molecule has 1 aliphatic rings. The number of ether oxygens (including phenoxy) is 2. The number of non-ortho nitro benzene ring substituents is 1. The average molecular weight is 280 g/mol. The lowest BCUT2D eigenvalue weighted by atomic mass is 10.1. The highest BCUT2D eigenvalue weighted by Gasteiger charge is 2.23. The van der Waals surface area contributed by atoms with Crippen molar-refractivity contribution in [2.45, 2.75) is 38.8 Å². The molecular weight excluding hydrogens is 260 g/mol. The van der Waals surface area contributed by atoms with Crippen LogP contribution in [0, 0.1) is 10.1 Å². The van der Waals surface area contributed by atoms with E-state index in [4.69, 9.17) is 9.47 Å². The van der Waals surface area contributed by atoms with Crippen LogP contribution in [0.5, 0.6) is 5.75 Å². The zero-order valence-corrected chi connectivity index (χ0v) is 11.8. The maximum Gasteiger partial charge on any atom is 0.275 e. The van der Waals surface area contributed by atoms with Gasteiger partial charge in [0, 0.05) is 30.5 Å². The first-order valence-electron chi connectivity index (χ1n) is 6.90. The number of nitro benzene ring substituents is 1. The molecular formula is C14H20N2O4. The molecule has 1 aromatic carbocycles. The number of rotatable bonds is 6. The lowest BCUT2D eigenvalue weighted by molar-refractivity contribution is -0.384. The third kappa shape index (κ3) is 3.60. The van der Waals surface area contributed by atoms with E-state index in [1.165, 1.54) is 12.1 Å². The first-order chi connectivity index (χ1) is 9.60. The van der Waals surface area contributed by atoms with Gasteiger partial charge in [0.05, 0.1) is 23.7 Å². The Hall–Kier alpha value is -1.82. The summed E-state index contributed by atoms with van der Waals surface area (Å²) < 4.78 is 11.0.